The minimum absolute atomic E-state index is 0.0145. The molecule has 0 unspecified atom stereocenters. The molecule has 1 saturated heterocycles. The maximum atomic E-state index is 13.0. The van der Waals surface area contributed by atoms with Gasteiger partial charge in [0.05, 0.1) is 6.26 Å². The van der Waals surface area contributed by atoms with Crippen LogP contribution in [0.5, 0.6) is 0 Å². The molecule has 186 valence electrons. The Morgan fingerprint density at radius 3 is 2.60 bits per heavy atom. The fourth-order valence-electron chi connectivity index (χ4n) is 3.75. The van der Waals surface area contributed by atoms with Crippen molar-refractivity contribution in [2.75, 3.05) is 12.4 Å². The normalized spacial score (nSPS) is 22.9. The summed E-state index contributed by atoms with van der Waals surface area (Å²) in [6.07, 6.45) is 1.26. The lowest BCUT2D eigenvalue weighted by molar-refractivity contribution is -0.178. The van der Waals surface area contributed by atoms with Crippen LogP contribution < -0.4 is 11.1 Å². The first-order valence-electron chi connectivity index (χ1n) is 10.3. The SMILES string of the molecule is NC(=O)OCC1=C(C(=O)O)N2C(=O)[C@@H](NC(=O)C(=NOC3(C(=O)O)CCC3)c3ccco3)[C@H]2SC1. The van der Waals surface area contributed by atoms with Crippen LogP contribution in [0.25, 0.3) is 0 Å². The van der Waals surface area contributed by atoms with Gasteiger partial charge in [-0.05, 0) is 18.6 Å². The van der Waals surface area contributed by atoms with Gasteiger partial charge in [-0.1, -0.05) is 5.16 Å². The van der Waals surface area contributed by atoms with E-state index in [2.05, 4.69) is 15.2 Å². The maximum absolute atomic E-state index is 13.0. The molecule has 0 aromatic carbocycles. The third-order valence-electron chi connectivity index (χ3n) is 5.76. The first-order valence-corrected chi connectivity index (χ1v) is 11.4. The van der Waals surface area contributed by atoms with E-state index in [0.29, 0.717) is 6.42 Å². The molecule has 4 rings (SSSR count). The standard InChI is InChI=1S/C20H20N4O10S/c21-19(31)33-7-9-8-35-16-12(15(26)24(16)13(9)17(27)28)22-14(25)11(10-3-1-6-32-10)23-34-20(18(29)30)4-2-5-20/h1,3,6,12,16H,2,4-5,7-8H2,(H2,21,31)(H,22,25)(H,27,28)(H,29,30)/t12-,16-/m1/s1. The molecule has 0 radical (unpaired) electrons. The van der Waals surface area contributed by atoms with Crippen LogP contribution in [-0.4, -0.2) is 80.0 Å². The fraction of sp³-hybridized carbons (Fsp3) is 0.400. The zero-order chi connectivity index (χ0) is 25.3. The second kappa shape index (κ2) is 9.32. The van der Waals surface area contributed by atoms with E-state index in [-0.39, 0.29) is 41.3 Å². The number of amides is 3. The van der Waals surface area contributed by atoms with Crippen molar-refractivity contribution in [3.8, 4) is 0 Å². The molecule has 0 bridgehead atoms. The van der Waals surface area contributed by atoms with Crippen LogP contribution in [0, 0.1) is 0 Å². The molecule has 14 nitrogen and oxygen atoms in total. The highest BCUT2D eigenvalue weighted by Crippen LogP contribution is 2.40. The molecular formula is C20H20N4O10S. The summed E-state index contributed by atoms with van der Waals surface area (Å²) in [5.74, 6) is -4.09. The van der Waals surface area contributed by atoms with Crippen molar-refractivity contribution in [1.29, 1.82) is 0 Å². The number of primary amides is 1. The minimum Gasteiger partial charge on any atom is -0.478 e. The number of fused-ring (bicyclic) bond motifs is 1. The van der Waals surface area contributed by atoms with E-state index in [1.54, 1.807) is 0 Å². The van der Waals surface area contributed by atoms with E-state index >= 15 is 0 Å². The highest BCUT2D eigenvalue weighted by atomic mass is 32.2. The molecular weight excluding hydrogens is 488 g/mol. The van der Waals surface area contributed by atoms with E-state index in [0.717, 1.165) is 16.7 Å². The number of ether oxygens (including phenoxy) is 1. The molecule has 2 atom stereocenters. The van der Waals surface area contributed by atoms with Gasteiger partial charge in [-0.25, -0.2) is 14.4 Å². The number of rotatable bonds is 9. The zero-order valence-electron chi connectivity index (χ0n) is 18.0. The molecule has 2 fully saturated rings. The van der Waals surface area contributed by atoms with Crippen molar-refractivity contribution in [3.63, 3.8) is 0 Å². The second-order valence-corrected chi connectivity index (χ2v) is 8.99. The van der Waals surface area contributed by atoms with E-state index in [9.17, 15) is 34.2 Å². The van der Waals surface area contributed by atoms with Gasteiger partial charge in [-0.3, -0.25) is 14.5 Å². The number of nitrogens with one attached hydrogen (secondary N) is 1. The van der Waals surface area contributed by atoms with Crippen LogP contribution in [0.4, 0.5) is 4.79 Å². The lowest BCUT2D eigenvalue weighted by atomic mass is 9.80. The van der Waals surface area contributed by atoms with Crippen molar-refractivity contribution in [1.82, 2.24) is 10.2 Å². The van der Waals surface area contributed by atoms with Gasteiger partial charge < -0.3 is 35.3 Å². The quantitative estimate of drug-likeness (QED) is 0.195. The smallest absolute Gasteiger partial charge is 0.404 e. The van der Waals surface area contributed by atoms with E-state index in [4.69, 9.17) is 15.0 Å². The third kappa shape index (κ3) is 4.41. The van der Waals surface area contributed by atoms with Crippen molar-refractivity contribution >= 4 is 47.3 Å². The Hall–Kier alpha value is -4.01. The number of carbonyl (C=O) groups is 5. The van der Waals surface area contributed by atoms with E-state index < -0.39 is 53.5 Å². The minimum atomic E-state index is -1.54. The third-order valence-corrected chi connectivity index (χ3v) is 7.10. The lowest BCUT2D eigenvalue weighted by Crippen LogP contribution is -2.71. The summed E-state index contributed by atoms with van der Waals surface area (Å²) in [6.45, 7) is -0.393. The van der Waals surface area contributed by atoms with Crippen molar-refractivity contribution < 1.29 is 48.2 Å². The summed E-state index contributed by atoms with van der Waals surface area (Å²) in [4.78, 5) is 66.3. The lowest BCUT2D eigenvalue weighted by Gasteiger charge is -2.49. The van der Waals surface area contributed by atoms with Gasteiger partial charge >= 0.3 is 18.0 Å². The Balaban J connectivity index is 1.52. The van der Waals surface area contributed by atoms with Crippen LogP contribution in [0.15, 0.2) is 39.2 Å². The number of carbonyl (C=O) groups excluding carboxylic acids is 3. The molecule has 1 aromatic heterocycles. The Kier molecular flexibility index (Phi) is 6.43. The number of β-lactam (4-membered cyclic amide) rings is 1. The number of hydrogen-bond acceptors (Lipinski definition) is 10. The molecule has 1 aromatic rings. The molecule has 15 heteroatoms. The Bertz CT molecular complexity index is 1140. The van der Waals surface area contributed by atoms with Crippen molar-refractivity contribution in [3.05, 3.63) is 35.4 Å². The summed E-state index contributed by atoms with van der Waals surface area (Å²) in [6, 6.07) is 1.80. The number of aliphatic carboxylic acids is 2. The number of carboxylic acids is 2. The monoisotopic (exact) mass is 508 g/mol. The highest BCUT2D eigenvalue weighted by molar-refractivity contribution is 8.00. The van der Waals surface area contributed by atoms with E-state index in [1.165, 1.54) is 18.4 Å². The van der Waals surface area contributed by atoms with Crippen LogP contribution in [0.2, 0.25) is 0 Å². The summed E-state index contributed by atoms with van der Waals surface area (Å²) < 4.78 is 9.88. The predicted molar refractivity (Wildman–Crippen MR) is 116 cm³/mol. The van der Waals surface area contributed by atoms with Crippen LogP contribution in [0.3, 0.4) is 0 Å². The molecule has 5 N–H and O–H groups in total. The average molecular weight is 508 g/mol. The van der Waals surface area contributed by atoms with E-state index in [1.807, 2.05) is 0 Å². The summed E-state index contributed by atoms with van der Waals surface area (Å²) in [5, 5.41) is 24.5. The second-order valence-electron chi connectivity index (χ2n) is 7.89. The number of carboxylic acid groups (broad SMARTS) is 2. The average Bonchev–Trinajstić information content (AvgIpc) is 3.30. The Morgan fingerprint density at radius 2 is 2.06 bits per heavy atom. The first kappa shape index (κ1) is 24.1. The molecule has 1 saturated carbocycles. The largest absolute Gasteiger partial charge is 0.478 e. The summed E-state index contributed by atoms with van der Waals surface area (Å²) in [5.41, 5.74) is 2.86. The summed E-state index contributed by atoms with van der Waals surface area (Å²) >= 11 is 1.16. The van der Waals surface area contributed by atoms with Gasteiger partial charge in [0.2, 0.25) is 11.3 Å². The van der Waals surface area contributed by atoms with Crippen LogP contribution in [-0.2, 0) is 28.8 Å². The highest BCUT2D eigenvalue weighted by Gasteiger charge is 2.55. The number of furan rings is 1. The molecule has 3 aliphatic rings. The van der Waals surface area contributed by atoms with Gasteiger partial charge in [-0.15, -0.1) is 11.8 Å². The number of nitrogens with two attached hydrogens (primary N) is 1. The van der Waals surface area contributed by atoms with Gasteiger partial charge in [0.15, 0.2) is 5.76 Å². The molecule has 0 spiro atoms. The molecule has 2 aliphatic heterocycles. The number of oxime groups is 1. The number of thioether (sulfide) groups is 1. The maximum Gasteiger partial charge on any atom is 0.404 e. The number of nitrogens with zero attached hydrogens (tertiary/aromatic N) is 2. The molecule has 3 amide bonds. The summed E-state index contributed by atoms with van der Waals surface area (Å²) in [7, 11) is 0. The van der Waals surface area contributed by atoms with Crippen LogP contribution >= 0.6 is 11.8 Å². The predicted octanol–water partition coefficient (Wildman–Crippen LogP) is -0.158. The Morgan fingerprint density at radius 1 is 1.31 bits per heavy atom. The van der Waals surface area contributed by atoms with Crippen molar-refractivity contribution in [2.24, 2.45) is 10.9 Å². The Labute approximate surface area is 201 Å². The zero-order valence-corrected chi connectivity index (χ0v) is 18.8. The van der Waals surface area contributed by atoms with Gasteiger partial charge in [-0.2, -0.15) is 0 Å². The number of hydrogen-bond donors (Lipinski definition) is 4. The van der Waals surface area contributed by atoms with Crippen molar-refractivity contribution in [2.45, 2.75) is 36.3 Å². The topological polar surface area (TPSA) is 211 Å². The molecule has 1 aliphatic carbocycles. The van der Waals surface area contributed by atoms with Gasteiger partial charge in [0.1, 0.15) is 23.7 Å². The molecule has 35 heavy (non-hydrogen) atoms. The fourth-order valence-corrected chi connectivity index (χ4v) is 5.08. The first-order chi connectivity index (χ1) is 16.6. The van der Waals surface area contributed by atoms with Crippen LogP contribution in [0.1, 0.15) is 25.0 Å². The van der Waals surface area contributed by atoms with Gasteiger partial charge in [0.25, 0.3) is 11.8 Å². The van der Waals surface area contributed by atoms with Gasteiger partial charge in [0, 0.05) is 24.2 Å². The molecule has 3 heterocycles.